The number of nitrogens with two attached hydrogens (primary N) is 1. The Kier molecular flexibility index (Phi) is 5.52. The molecule has 1 aromatic carbocycles. The van der Waals surface area contributed by atoms with Gasteiger partial charge in [-0.1, -0.05) is 0 Å². The van der Waals surface area contributed by atoms with E-state index in [-0.39, 0.29) is 12.2 Å². The smallest absolute Gasteiger partial charge is 0.241 e. The van der Waals surface area contributed by atoms with Gasteiger partial charge >= 0.3 is 0 Å². The molecule has 0 aliphatic rings. The zero-order valence-electron chi connectivity index (χ0n) is 11.8. The van der Waals surface area contributed by atoms with Gasteiger partial charge in [0.1, 0.15) is 15.6 Å². The molecular weight excluding hydrogens is 280 g/mol. The molecule has 1 unspecified atom stereocenters. The van der Waals surface area contributed by atoms with Crippen molar-refractivity contribution in [3.05, 3.63) is 23.8 Å². The van der Waals surface area contributed by atoms with Gasteiger partial charge in [-0.05, 0) is 37.1 Å². The third-order valence-electron chi connectivity index (χ3n) is 2.83. The van der Waals surface area contributed by atoms with Crippen LogP contribution in [0.1, 0.15) is 12.0 Å². The van der Waals surface area contributed by atoms with Gasteiger partial charge in [-0.25, -0.2) is 8.42 Å². The Morgan fingerprint density at radius 2 is 2.10 bits per heavy atom. The Bertz CT molecular complexity index is 584. The van der Waals surface area contributed by atoms with Crippen molar-refractivity contribution in [3.8, 4) is 5.75 Å². The maximum absolute atomic E-state index is 11.9. The zero-order valence-corrected chi connectivity index (χ0v) is 12.7. The number of carbonyl (C=O) groups excluding carboxylic acids is 1. The van der Waals surface area contributed by atoms with Crippen LogP contribution in [0.5, 0.6) is 5.75 Å². The third-order valence-corrected chi connectivity index (χ3v) is 3.81. The molecule has 1 aromatic rings. The van der Waals surface area contributed by atoms with Crippen LogP contribution in [-0.4, -0.2) is 39.5 Å². The van der Waals surface area contributed by atoms with Crippen LogP contribution in [0.2, 0.25) is 0 Å². The van der Waals surface area contributed by atoms with E-state index in [9.17, 15) is 13.2 Å². The lowest BCUT2D eigenvalue weighted by Crippen LogP contribution is -2.37. The number of ether oxygens (including phenoxy) is 1. The highest BCUT2D eigenvalue weighted by Crippen LogP contribution is 2.21. The molecule has 0 aliphatic heterocycles. The molecule has 0 aliphatic carbocycles. The van der Waals surface area contributed by atoms with Gasteiger partial charge in [-0.3, -0.25) is 4.79 Å². The number of anilines is 1. The van der Waals surface area contributed by atoms with Crippen molar-refractivity contribution in [1.29, 1.82) is 0 Å². The molecule has 1 amide bonds. The fourth-order valence-corrected chi connectivity index (χ4v) is 2.28. The quantitative estimate of drug-likeness (QED) is 0.806. The Morgan fingerprint density at radius 1 is 1.45 bits per heavy atom. The van der Waals surface area contributed by atoms with E-state index < -0.39 is 21.8 Å². The van der Waals surface area contributed by atoms with Crippen molar-refractivity contribution in [2.45, 2.75) is 19.4 Å². The molecule has 112 valence electrons. The van der Waals surface area contributed by atoms with E-state index >= 15 is 0 Å². The number of methoxy groups -OCH3 is 1. The second-order valence-corrected chi connectivity index (χ2v) is 6.95. The fourth-order valence-electron chi connectivity index (χ4n) is 1.60. The molecule has 0 heterocycles. The summed E-state index contributed by atoms with van der Waals surface area (Å²) in [4.78, 5) is 11.9. The molecular formula is C13H20N2O4S. The lowest BCUT2D eigenvalue weighted by Gasteiger charge is -2.14. The molecule has 20 heavy (non-hydrogen) atoms. The minimum Gasteiger partial charge on any atom is -0.497 e. The van der Waals surface area contributed by atoms with Gasteiger partial charge in [-0.2, -0.15) is 0 Å². The standard InChI is InChI=1S/C13H20N2O4S/c1-9-8-10(19-2)4-5-12(9)15-13(16)11(14)6-7-20(3,17)18/h4-5,8,11H,6-7,14H2,1-3H3,(H,15,16). The normalized spacial score (nSPS) is 12.8. The van der Waals surface area contributed by atoms with Gasteiger partial charge < -0.3 is 15.8 Å². The Labute approximate surface area is 119 Å². The van der Waals surface area contributed by atoms with Crippen molar-refractivity contribution < 1.29 is 17.9 Å². The molecule has 0 radical (unpaired) electrons. The summed E-state index contributed by atoms with van der Waals surface area (Å²) in [7, 11) is -1.56. The average molecular weight is 300 g/mol. The number of amides is 1. The highest BCUT2D eigenvalue weighted by molar-refractivity contribution is 7.90. The Morgan fingerprint density at radius 3 is 2.60 bits per heavy atom. The van der Waals surface area contributed by atoms with Crippen LogP contribution >= 0.6 is 0 Å². The second-order valence-electron chi connectivity index (χ2n) is 4.70. The van der Waals surface area contributed by atoms with Crippen molar-refractivity contribution >= 4 is 21.4 Å². The van der Waals surface area contributed by atoms with Crippen molar-refractivity contribution in [2.24, 2.45) is 5.73 Å². The molecule has 0 saturated heterocycles. The minimum absolute atomic E-state index is 0.0971. The van der Waals surface area contributed by atoms with Gasteiger partial charge in [0, 0.05) is 11.9 Å². The predicted octanol–water partition coefficient (Wildman–Crippen LogP) is 0.704. The summed E-state index contributed by atoms with van der Waals surface area (Å²) in [6.07, 6.45) is 1.21. The maximum atomic E-state index is 11.9. The first-order chi connectivity index (χ1) is 9.23. The highest BCUT2D eigenvalue weighted by atomic mass is 32.2. The van der Waals surface area contributed by atoms with Crippen LogP contribution in [0.3, 0.4) is 0 Å². The van der Waals surface area contributed by atoms with Crippen molar-refractivity contribution in [1.82, 2.24) is 0 Å². The number of benzene rings is 1. The molecule has 0 aromatic heterocycles. The topological polar surface area (TPSA) is 98.5 Å². The first kappa shape index (κ1) is 16.5. The highest BCUT2D eigenvalue weighted by Gasteiger charge is 2.16. The van der Waals surface area contributed by atoms with Crippen molar-refractivity contribution in [2.75, 3.05) is 24.4 Å². The molecule has 0 bridgehead atoms. The van der Waals surface area contributed by atoms with Gasteiger partial charge in [0.2, 0.25) is 5.91 Å². The molecule has 0 saturated carbocycles. The van der Waals surface area contributed by atoms with E-state index in [1.807, 2.05) is 6.92 Å². The Balaban J connectivity index is 2.66. The summed E-state index contributed by atoms with van der Waals surface area (Å²) >= 11 is 0. The van der Waals surface area contributed by atoms with Gasteiger partial charge in [0.15, 0.2) is 0 Å². The molecule has 0 spiro atoms. The van der Waals surface area contributed by atoms with E-state index in [0.29, 0.717) is 11.4 Å². The van der Waals surface area contributed by atoms with Gasteiger partial charge in [0.05, 0.1) is 18.9 Å². The number of carbonyl (C=O) groups is 1. The first-order valence-corrected chi connectivity index (χ1v) is 8.18. The average Bonchev–Trinajstić information content (AvgIpc) is 2.37. The molecule has 1 rings (SSSR count). The lowest BCUT2D eigenvalue weighted by atomic mass is 10.1. The first-order valence-electron chi connectivity index (χ1n) is 6.12. The Hall–Kier alpha value is -1.60. The second kappa shape index (κ2) is 6.71. The van der Waals surface area contributed by atoms with Gasteiger partial charge in [-0.15, -0.1) is 0 Å². The zero-order chi connectivity index (χ0) is 15.3. The maximum Gasteiger partial charge on any atom is 0.241 e. The van der Waals surface area contributed by atoms with Crippen LogP contribution in [-0.2, 0) is 14.6 Å². The lowest BCUT2D eigenvalue weighted by molar-refractivity contribution is -0.117. The van der Waals surface area contributed by atoms with E-state index in [4.69, 9.17) is 10.5 Å². The van der Waals surface area contributed by atoms with Crippen LogP contribution in [0.15, 0.2) is 18.2 Å². The largest absolute Gasteiger partial charge is 0.497 e. The number of sulfone groups is 1. The summed E-state index contributed by atoms with van der Waals surface area (Å²) in [5.74, 6) is 0.187. The van der Waals surface area contributed by atoms with E-state index in [1.165, 1.54) is 0 Å². The molecule has 7 heteroatoms. The molecule has 1 atom stereocenters. The number of aryl methyl sites for hydroxylation is 1. The van der Waals surface area contributed by atoms with Crippen LogP contribution in [0.25, 0.3) is 0 Å². The van der Waals surface area contributed by atoms with Crippen molar-refractivity contribution in [3.63, 3.8) is 0 Å². The molecule has 6 nitrogen and oxygen atoms in total. The fraction of sp³-hybridized carbons (Fsp3) is 0.462. The summed E-state index contributed by atoms with van der Waals surface area (Å²) < 4.78 is 27.2. The number of rotatable bonds is 6. The SMILES string of the molecule is COc1ccc(NC(=O)C(N)CCS(C)(=O)=O)c(C)c1. The van der Waals surface area contributed by atoms with Crippen LogP contribution < -0.4 is 15.8 Å². The molecule has 3 N–H and O–H groups in total. The van der Waals surface area contributed by atoms with Crippen LogP contribution in [0.4, 0.5) is 5.69 Å². The number of hydrogen-bond donors (Lipinski definition) is 2. The third kappa shape index (κ3) is 5.18. The minimum atomic E-state index is -3.12. The number of nitrogens with one attached hydrogen (secondary N) is 1. The van der Waals surface area contributed by atoms with E-state index in [1.54, 1.807) is 25.3 Å². The summed E-state index contributed by atoms with van der Waals surface area (Å²) in [6, 6.07) is 4.38. The monoisotopic (exact) mass is 300 g/mol. The number of hydrogen-bond acceptors (Lipinski definition) is 5. The van der Waals surface area contributed by atoms with E-state index in [0.717, 1.165) is 11.8 Å². The molecule has 0 fully saturated rings. The van der Waals surface area contributed by atoms with E-state index in [2.05, 4.69) is 5.32 Å². The predicted molar refractivity (Wildman–Crippen MR) is 78.7 cm³/mol. The summed E-state index contributed by atoms with van der Waals surface area (Å²) in [6.45, 7) is 1.83. The van der Waals surface area contributed by atoms with Gasteiger partial charge in [0.25, 0.3) is 0 Å². The summed E-state index contributed by atoms with van der Waals surface area (Å²) in [5.41, 5.74) is 7.15. The van der Waals surface area contributed by atoms with Crippen LogP contribution in [0, 0.1) is 6.92 Å². The summed E-state index contributed by atoms with van der Waals surface area (Å²) in [5, 5.41) is 2.68.